The number of nitrogens with zero attached hydrogens (tertiary/aromatic N) is 3. The molecule has 0 saturated carbocycles. The Morgan fingerprint density at radius 1 is 1.47 bits per heavy atom. The van der Waals surface area contributed by atoms with Gasteiger partial charge in [-0.3, -0.25) is 15.1 Å². The van der Waals surface area contributed by atoms with Gasteiger partial charge in [-0.2, -0.15) is 4.98 Å². The molecule has 2 aromatic heterocycles. The Morgan fingerprint density at radius 3 is 2.82 bits per heavy atom. The highest BCUT2D eigenvalue weighted by Gasteiger charge is 2.13. The highest BCUT2D eigenvalue weighted by atomic mass is 16.5. The van der Waals surface area contributed by atoms with E-state index in [0.29, 0.717) is 11.5 Å². The van der Waals surface area contributed by atoms with Gasteiger partial charge in [0.1, 0.15) is 0 Å². The fourth-order valence-electron chi connectivity index (χ4n) is 1.28. The lowest BCUT2D eigenvalue weighted by Crippen LogP contribution is -2.15. The van der Waals surface area contributed by atoms with Gasteiger partial charge in [0.15, 0.2) is 5.82 Å². The second-order valence-corrected chi connectivity index (χ2v) is 3.51. The van der Waals surface area contributed by atoms with E-state index in [9.17, 15) is 4.79 Å². The Labute approximate surface area is 97.0 Å². The van der Waals surface area contributed by atoms with Gasteiger partial charge in [-0.15, -0.1) is 0 Å². The first-order valence-electron chi connectivity index (χ1n) is 4.90. The molecule has 0 fully saturated rings. The highest BCUT2D eigenvalue weighted by molar-refractivity contribution is 6.06. The Balaban J connectivity index is 2.20. The van der Waals surface area contributed by atoms with Gasteiger partial charge < -0.3 is 10.3 Å². The van der Waals surface area contributed by atoms with Crippen LogP contribution in [0.2, 0.25) is 0 Å². The normalized spacial score (nSPS) is 10.2. The molecule has 2 aromatic rings. The smallest absolute Gasteiger partial charge is 0.328 e. The third kappa shape index (κ3) is 2.39. The standard InChI is InChI=1S/C10H11N5O2/c1-5-3-8(11)7(4-12-5)9(16)14-10-13-6(2)15-17-10/h3-4H,1-2H3,(H2,11,12)(H,13,14,15,16). The van der Waals surface area contributed by atoms with Gasteiger partial charge >= 0.3 is 6.01 Å². The Bertz CT molecular complexity index is 564. The Morgan fingerprint density at radius 2 is 2.24 bits per heavy atom. The lowest BCUT2D eigenvalue weighted by Gasteiger charge is -2.04. The minimum absolute atomic E-state index is 0.0347. The van der Waals surface area contributed by atoms with Gasteiger partial charge in [-0.25, -0.2) is 0 Å². The van der Waals surface area contributed by atoms with Gasteiger partial charge in [-0.05, 0) is 19.9 Å². The zero-order chi connectivity index (χ0) is 12.4. The minimum atomic E-state index is -0.432. The van der Waals surface area contributed by atoms with E-state index in [2.05, 4.69) is 20.4 Å². The number of amides is 1. The van der Waals surface area contributed by atoms with Crippen LogP contribution in [0, 0.1) is 13.8 Å². The number of rotatable bonds is 2. The summed E-state index contributed by atoms with van der Waals surface area (Å²) < 4.78 is 4.77. The number of nitrogens with one attached hydrogen (secondary N) is 1. The highest BCUT2D eigenvalue weighted by Crippen LogP contribution is 2.13. The number of pyridine rings is 1. The molecule has 0 aliphatic heterocycles. The summed E-state index contributed by atoms with van der Waals surface area (Å²) in [7, 11) is 0. The molecule has 0 bridgehead atoms. The van der Waals surface area contributed by atoms with Crippen LogP contribution in [-0.4, -0.2) is 21.0 Å². The Kier molecular flexibility index (Phi) is 2.73. The number of nitrogens with two attached hydrogens (primary N) is 1. The van der Waals surface area contributed by atoms with E-state index in [1.54, 1.807) is 19.9 Å². The average Bonchev–Trinajstić information content (AvgIpc) is 2.63. The van der Waals surface area contributed by atoms with Gasteiger partial charge in [0.05, 0.1) is 5.56 Å². The number of carbonyl (C=O) groups is 1. The van der Waals surface area contributed by atoms with Crippen LogP contribution >= 0.6 is 0 Å². The maximum atomic E-state index is 11.8. The summed E-state index contributed by atoms with van der Waals surface area (Å²) in [6.45, 7) is 3.44. The second-order valence-electron chi connectivity index (χ2n) is 3.51. The molecule has 0 unspecified atom stereocenters. The van der Waals surface area contributed by atoms with E-state index in [4.69, 9.17) is 10.3 Å². The molecule has 17 heavy (non-hydrogen) atoms. The molecular formula is C10H11N5O2. The van der Waals surface area contributed by atoms with E-state index in [1.807, 2.05) is 0 Å². The molecule has 2 heterocycles. The summed E-state index contributed by atoms with van der Waals surface area (Å²) in [6, 6.07) is 1.65. The minimum Gasteiger partial charge on any atom is -0.398 e. The first-order valence-corrected chi connectivity index (χ1v) is 4.90. The number of anilines is 2. The summed E-state index contributed by atoms with van der Waals surface area (Å²) >= 11 is 0. The maximum absolute atomic E-state index is 11.8. The molecular weight excluding hydrogens is 222 g/mol. The van der Waals surface area contributed by atoms with Crippen molar-refractivity contribution in [3.63, 3.8) is 0 Å². The van der Waals surface area contributed by atoms with Crippen molar-refractivity contribution in [3.05, 3.63) is 29.3 Å². The van der Waals surface area contributed by atoms with E-state index in [0.717, 1.165) is 5.69 Å². The first-order chi connectivity index (χ1) is 8.06. The molecule has 7 nitrogen and oxygen atoms in total. The van der Waals surface area contributed by atoms with Crippen molar-refractivity contribution in [3.8, 4) is 0 Å². The van der Waals surface area contributed by atoms with Gasteiger partial charge in [0.2, 0.25) is 0 Å². The van der Waals surface area contributed by atoms with Crippen molar-refractivity contribution < 1.29 is 9.32 Å². The third-order valence-electron chi connectivity index (χ3n) is 2.07. The van der Waals surface area contributed by atoms with Crippen molar-refractivity contribution in [1.29, 1.82) is 0 Å². The molecule has 1 amide bonds. The molecule has 7 heteroatoms. The summed E-state index contributed by atoms with van der Waals surface area (Å²) in [4.78, 5) is 19.6. The SMILES string of the molecule is Cc1cc(N)c(C(=O)Nc2nc(C)no2)cn1. The molecule has 0 aliphatic carbocycles. The largest absolute Gasteiger partial charge is 0.398 e. The van der Waals surface area contributed by atoms with Crippen molar-refractivity contribution in [2.45, 2.75) is 13.8 Å². The molecule has 0 saturated heterocycles. The molecule has 2 rings (SSSR count). The van der Waals surface area contributed by atoms with Crippen molar-refractivity contribution >= 4 is 17.6 Å². The molecule has 88 valence electrons. The monoisotopic (exact) mass is 233 g/mol. The summed E-state index contributed by atoms with van der Waals surface area (Å²) in [5.41, 5.74) is 7.08. The molecule has 0 aliphatic rings. The van der Waals surface area contributed by atoms with Crippen LogP contribution in [0.15, 0.2) is 16.8 Å². The predicted octanol–water partition coefficient (Wildman–Crippen LogP) is 0.916. The number of aryl methyl sites for hydroxylation is 2. The van der Waals surface area contributed by atoms with Crippen molar-refractivity contribution in [2.75, 3.05) is 11.1 Å². The van der Waals surface area contributed by atoms with Crippen LogP contribution < -0.4 is 11.1 Å². The fraction of sp³-hybridized carbons (Fsp3) is 0.200. The Hall–Kier alpha value is -2.44. The van der Waals surface area contributed by atoms with Crippen LogP contribution in [0.1, 0.15) is 21.9 Å². The predicted molar refractivity (Wildman–Crippen MR) is 60.4 cm³/mol. The fourth-order valence-corrected chi connectivity index (χ4v) is 1.28. The lowest BCUT2D eigenvalue weighted by molar-refractivity contribution is 0.102. The van der Waals surface area contributed by atoms with E-state index >= 15 is 0 Å². The molecule has 3 N–H and O–H groups in total. The van der Waals surface area contributed by atoms with Crippen LogP contribution in [0.4, 0.5) is 11.7 Å². The zero-order valence-corrected chi connectivity index (χ0v) is 9.39. The van der Waals surface area contributed by atoms with Gasteiger partial charge in [0, 0.05) is 17.6 Å². The number of hydrogen-bond acceptors (Lipinski definition) is 6. The molecule has 0 radical (unpaired) electrons. The maximum Gasteiger partial charge on any atom is 0.328 e. The van der Waals surface area contributed by atoms with Crippen LogP contribution in [0.25, 0.3) is 0 Å². The summed E-state index contributed by atoms with van der Waals surface area (Å²) in [6.07, 6.45) is 1.41. The second kappa shape index (κ2) is 4.20. The number of nitrogen functional groups attached to an aromatic ring is 1. The van der Waals surface area contributed by atoms with Crippen molar-refractivity contribution in [2.24, 2.45) is 0 Å². The average molecular weight is 233 g/mol. The van der Waals surface area contributed by atoms with Gasteiger partial charge in [0.25, 0.3) is 5.91 Å². The molecule has 0 atom stereocenters. The van der Waals surface area contributed by atoms with E-state index in [1.165, 1.54) is 6.20 Å². The summed E-state index contributed by atoms with van der Waals surface area (Å²) in [5, 5.41) is 5.99. The zero-order valence-electron chi connectivity index (χ0n) is 9.39. The van der Waals surface area contributed by atoms with Gasteiger partial charge in [-0.1, -0.05) is 5.16 Å². The third-order valence-corrected chi connectivity index (χ3v) is 2.07. The topological polar surface area (TPSA) is 107 Å². The van der Waals surface area contributed by atoms with Crippen LogP contribution in [0.5, 0.6) is 0 Å². The van der Waals surface area contributed by atoms with Crippen molar-refractivity contribution in [1.82, 2.24) is 15.1 Å². The van der Waals surface area contributed by atoms with Crippen LogP contribution in [0.3, 0.4) is 0 Å². The number of carbonyl (C=O) groups excluding carboxylic acids is 1. The lowest BCUT2D eigenvalue weighted by atomic mass is 10.2. The molecule has 0 aromatic carbocycles. The quantitative estimate of drug-likeness (QED) is 0.798. The number of hydrogen-bond donors (Lipinski definition) is 2. The van der Waals surface area contributed by atoms with E-state index < -0.39 is 5.91 Å². The number of aromatic nitrogens is 3. The van der Waals surface area contributed by atoms with E-state index in [-0.39, 0.29) is 11.6 Å². The molecule has 0 spiro atoms. The van der Waals surface area contributed by atoms with Crippen LogP contribution in [-0.2, 0) is 0 Å². The summed E-state index contributed by atoms with van der Waals surface area (Å²) in [5.74, 6) is 0.00829. The first kappa shape index (κ1) is 11.1.